The molecule has 2 aromatic carbocycles. The Morgan fingerprint density at radius 1 is 1.10 bits per heavy atom. The highest BCUT2D eigenvalue weighted by Crippen LogP contribution is 2.41. The van der Waals surface area contributed by atoms with Crippen LogP contribution in [-0.4, -0.2) is 15.0 Å². The molecule has 29 heavy (non-hydrogen) atoms. The number of nitrogens with zero attached hydrogens (tertiary/aromatic N) is 2. The number of halogens is 1. The van der Waals surface area contributed by atoms with Crippen LogP contribution < -0.4 is 16.6 Å². The van der Waals surface area contributed by atoms with Gasteiger partial charge in [-0.2, -0.15) is 0 Å². The lowest BCUT2D eigenvalue weighted by molar-refractivity contribution is -0.125. The van der Waals surface area contributed by atoms with E-state index in [0.29, 0.717) is 10.9 Å². The van der Waals surface area contributed by atoms with Crippen LogP contribution in [0, 0.1) is 0 Å². The molecular formula is C22H22BrN3O3. The second kappa shape index (κ2) is 7.63. The summed E-state index contributed by atoms with van der Waals surface area (Å²) >= 11 is 3.50. The topological polar surface area (TPSA) is 73.1 Å². The van der Waals surface area contributed by atoms with Crippen molar-refractivity contribution in [2.45, 2.75) is 44.8 Å². The van der Waals surface area contributed by atoms with Crippen molar-refractivity contribution in [3.8, 4) is 0 Å². The van der Waals surface area contributed by atoms with Gasteiger partial charge in [0.1, 0.15) is 6.54 Å². The van der Waals surface area contributed by atoms with Crippen LogP contribution in [0.2, 0.25) is 0 Å². The van der Waals surface area contributed by atoms with Crippen LogP contribution in [0.15, 0.2) is 62.6 Å². The molecule has 1 aromatic heterocycles. The van der Waals surface area contributed by atoms with Gasteiger partial charge in [0.2, 0.25) is 5.91 Å². The van der Waals surface area contributed by atoms with Crippen LogP contribution in [0.3, 0.4) is 0 Å². The number of para-hydroxylation sites is 1. The zero-order valence-corrected chi connectivity index (χ0v) is 17.7. The summed E-state index contributed by atoms with van der Waals surface area (Å²) in [6, 6.07) is 14.9. The average molecular weight is 456 g/mol. The van der Waals surface area contributed by atoms with E-state index in [1.165, 1.54) is 9.13 Å². The van der Waals surface area contributed by atoms with Crippen molar-refractivity contribution >= 4 is 32.7 Å². The molecule has 0 radical (unpaired) electrons. The second-order valence-electron chi connectivity index (χ2n) is 7.43. The first-order valence-corrected chi connectivity index (χ1v) is 10.5. The first-order valence-electron chi connectivity index (χ1n) is 9.74. The Hall–Kier alpha value is -2.67. The summed E-state index contributed by atoms with van der Waals surface area (Å²) < 4.78 is 3.53. The maximum atomic E-state index is 13.0. The molecule has 150 valence electrons. The van der Waals surface area contributed by atoms with Crippen LogP contribution in [0.4, 0.5) is 0 Å². The molecule has 0 spiro atoms. The molecule has 1 amide bonds. The molecule has 1 saturated carbocycles. The predicted octanol–water partition coefficient (Wildman–Crippen LogP) is 3.14. The van der Waals surface area contributed by atoms with Crippen LogP contribution in [-0.2, 0) is 23.4 Å². The fourth-order valence-electron chi connectivity index (χ4n) is 4.05. The van der Waals surface area contributed by atoms with Crippen molar-refractivity contribution in [1.29, 1.82) is 0 Å². The Kier molecular flexibility index (Phi) is 5.17. The Morgan fingerprint density at radius 3 is 2.52 bits per heavy atom. The number of aromatic nitrogens is 2. The van der Waals surface area contributed by atoms with Crippen LogP contribution in [0.1, 0.15) is 31.7 Å². The van der Waals surface area contributed by atoms with Crippen LogP contribution in [0.5, 0.6) is 0 Å². The maximum Gasteiger partial charge on any atom is 0.331 e. The lowest BCUT2D eigenvalue weighted by Crippen LogP contribution is -2.52. The summed E-state index contributed by atoms with van der Waals surface area (Å²) in [5.41, 5.74) is 0.347. The Balaban J connectivity index is 1.70. The standard InChI is InChI=1S/C22H22BrN3O3/c1-2-25-20(28)17-9-3-4-10-18(17)26(21(25)29)14-19(27)24-22(11-6-12-22)15-7-5-8-16(23)13-15/h3-5,7-10,13H,2,6,11-12,14H2,1H3,(H,24,27). The Morgan fingerprint density at radius 2 is 1.86 bits per heavy atom. The summed E-state index contributed by atoms with van der Waals surface area (Å²) in [5.74, 6) is -0.238. The third kappa shape index (κ3) is 3.44. The van der Waals surface area contributed by atoms with Gasteiger partial charge in [0.05, 0.1) is 16.4 Å². The number of carbonyl (C=O) groups excluding carboxylic acids is 1. The van der Waals surface area contributed by atoms with E-state index in [9.17, 15) is 14.4 Å². The summed E-state index contributed by atoms with van der Waals surface area (Å²) in [6.45, 7) is 1.88. The quantitative estimate of drug-likeness (QED) is 0.641. The van der Waals surface area contributed by atoms with Gasteiger partial charge in [0, 0.05) is 11.0 Å². The fourth-order valence-corrected chi connectivity index (χ4v) is 4.45. The van der Waals surface area contributed by atoms with E-state index in [1.54, 1.807) is 31.2 Å². The van der Waals surface area contributed by atoms with Gasteiger partial charge in [-0.25, -0.2) is 4.79 Å². The third-order valence-electron chi connectivity index (χ3n) is 5.71. The molecule has 0 unspecified atom stereocenters. The number of amides is 1. The molecule has 0 atom stereocenters. The molecule has 0 saturated heterocycles. The van der Waals surface area contributed by atoms with Crippen molar-refractivity contribution in [2.75, 3.05) is 0 Å². The van der Waals surface area contributed by atoms with Crippen LogP contribution >= 0.6 is 15.9 Å². The largest absolute Gasteiger partial charge is 0.345 e. The highest BCUT2D eigenvalue weighted by Gasteiger charge is 2.40. The van der Waals surface area contributed by atoms with E-state index >= 15 is 0 Å². The Labute approximate surface area is 176 Å². The SMILES string of the molecule is CCn1c(=O)c2ccccc2n(CC(=O)NC2(c3cccc(Br)c3)CCC2)c1=O. The fraction of sp³-hybridized carbons (Fsp3) is 0.318. The summed E-state index contributed by atoms with van der Waals surface area (Å²) in [7, 11) is 0. The summed E-state index contributed by atoms with van der Waals surface area (Å²) in [4.78, 5) is 38.4. The van der Waals surface area contributed by atoms with Gasteiger partial charge in [0.25, 0.3) is 5.56 Å². The average Bonchev–Trinajstić information content (AvgIpc) is 2.68. The lowest BCUT2D eigenvalue weighted by Gasteiger charge is -2.43. The predicted molar refractivity (Wildman–Crippen MR) is 116 cm³/mol. The number of hydrogen-bond donors (Lipinski definition) is 1. The third-order valence-corrected chi connectivity index (χ3v) is 6.21. The van der Waals surface area contributed by atoms with Crippen molar-refractivity contribution in [3.05, 3.63) is 79.4 Å². The van der Waals surface area contributed by atoms with Gasteiger partial charge in [-0.15, -0.1) is 0 Å². The highest BCUT2D eigenvalue weighted by molar-refractivity contribution is 9.10. The van der Waals surface area contributed by atoms with Gasteiger partial charge >= 0.3 is 5.69 Å². The van der Waals surface area contributed by atoms with E-state index in [0.717, 1.165) is 29.3 Å². The molecule has 1 heterocycles. The van der Waals surface area contributed by atoms with E-state index in [2.05, 4.69) is 21.2 Å². The second-order valence-corrected chi connectivity index (χ2v) is 8.35. The van der Waals surface area contributed by atoms with Crippen molar-refractivity contribution < 1.29 is 4.79 Å². The minimum atomic E-state index is -0.462. The molecular weight excluding hydrogens is 434 g/mol. The molecule has 7 heteroatoms. The molecule has 0 bridgehead atoms. The molecule has 1 aliphatic carbocycles. The molecule has 1 N–H and O–H groups in total. The number of fused-ring (bicyclic) bond motifs is 1. The number of nitrogens with one attached hydrogen (secondary N) is 1. The number of benzene rings is 2. The minimum absolute atomic E-state index is 0.130. The zero-order valence-electron chi connectivity index (χ0n) is 16.2. The first kappa shape index (κ1) is 19.6. The van der Waals surface area contributed by atoms with Gasteiger partial charge in [0.15, 0.2) is 0 Å². The van der Waals surface area contributed by atoms with Gasteiger partial charge in [-0.05, 0) is 56.0 Å². The Bertz CT molecular complexity index is 1210. The summed E-state index contributed by atoms with van der Waals surface area (Å²) in [6.07, 6.45) is 2.76. The number of rotatable bonds is 5. The van der Waals surface area contributed by atoms with Gasteiger partial charge in [-0.1, -0.05) is 40.2 Å². The van der Waals surface area contributed by atoms with Crippen LogP contribution in [0.25, 0.3) is 10.9 Å². The molecule has 1 aliphatic rings. The highest BCUT2D eigenvalue weighted by atomic mass is 79.9. The molecule has 3 aromatic rings. The summed E-state index contributed by atoms with van der Waals surface area (Å²) in [5, 5.41) is 3.60. The van der Waals surface area contributed by atoms with E-state index in [4.69, 9.17) is 0 Å². The van der Waals surface area contributed by atoms with E-state index in [1.807, 2.05) is 24.3 Å². The number of carbonyl (C=O) groups is 1. The maximum absolute atomic E-state index is 13.0. The first-order chi connectivity index (χ1) is 13.9. The molecule has 6 nitrogen and oxygen atoms in total. The smallest absolute Gasteiger partial charge is 0.331 e. The normalized spacial score (nSPS) is 15.1. The van der Waals surface area contributed by atoms with Crippen molar-refractivity contribution in [1.82, 2.24) is 14.5 Å². The molecule has 4 rings (SSSR count). The van der Waals surface area contributed by atoms with Gasteiger partial charge < -0.3 is 5.32 Å². The van der Waals surface area contributed by atoms with Gasteiger partial charge in [-0.3, -0.25) is 18.7 Å². The molecule has 0 aliphatic heterocycles. The van der Waals surface area contributed by atoms with E-state index < -0.39 is 11.2 Å². The number of hydrogen-bond acceptors (Lipinski definition) is 3. The monoisotopic (exact) mass is 455 g/mol. The van der Waals surface area contributed by atoms with Crippen molar-refractivity contribution in [3.63, 3.8) is 0 Å². The minimum Gasteiger partial charge on any atom is -0.345 e. The van der Waals surface area contributed by atoms with Crippen molar-refractivity contribution in [2.24, 2.45) is 0 Å². The van der Waals surface area contributed by atoms with E-state index in [-0.39, 0.29) is 24.6 Å². The molecule has 1 fully saturated rings. The zero-order chi connectivity index (χ0) is 20.6. The lowest BCUT2D eigenvalue weighted by atomic mass is 9.72.